The summed E-state index contributed by atoms with van der Waals surface area (Å²) in [5, 5.41) is 50.2. The molecule has 2 aliphatic heterocycles. The van der Waals surface area contributed by atoms with Gasteiger partial charge in [0, 0.05) is 5.69 Å². The van der Waals surface area contributed by atoms with Gasteiger partial charge in [0.1, 0.15) is 36.1 Å². The molecule has 240 valence electrons. The SMILES string of the molecule is O=C1[C@H](CC[C@H](O)c2ccc(F)cc2)[C@@H](c2ccc(/C=C/CCC[C@@H]3O[C@H](CO)[C@@H](O)[C@H](O)[C@H]3O)cc2)N1c1ccc(F)cc1. The summed E-state index contributed by atoms with van der Waals surface area (Å²) in [5.41, 5.74) is 3.01. The molecule has 0 aromatic heterocycles. The quantitative estimate of drug-likeness (QED) is 0.151. The van der Waals surface area contributed by atoms with E-state index in [1.807, 2.05) is 36.4 Å². The van der Waals surface area contributed by atoms with Gasteiger partial charge in [-0.25, -0.2) is 8.78 Å². The molecule has 2 saturated heterocycles. The molecule has 0 aliphatic carbocycles. The normalized spacial score (nSPS) is 27.5. The number of amides is 1. The van der Waals surface area contributed by atoms with Crippen LogP contribution in [0.15, 0.2) is 78.9 Å². The number of hydrogen-bond acceptors (Lipinski definition) is 7. The average Bonchev–Trinajstić information content (AvgIpc) is 3.04. The minimum absolute atomic E-state index is 0.110. The van der Waals surface area contributed by atoms with Crippen molar-refractivity contribution < 1.29 is 43.8 Å². The zero-order chi connectivity index (χ0) is 32.1. The first kappa shape index (κ1) is 32.9. The van der Waals surface area contributed by atoms with Crippen molar-refractivity contribution in [3.05, 3.63) is 107 Å². The van der Waals surface area contributed by atoms with Crippen LogP contribution in [-0.4, -0.2) is 68.6 Å². The van der Waals surface area contributed by atoms with Gasteiger partial charge in [0.05, 0.1) is 30.8 Å². The van der Waals surface area contributed by atoms with Crippen LogP contribution >= 0.6 is 0 Å². The predicted molar refractivity (Wildman–Crippen MR) is 164 cm³/mol. The number of anilines is 1. The number of unbranched alkanes of at least 4 members (excludes halogenated alkanes) is 1. The van der Waals surface area contributed by atoms with Crippen molar-refractivity contribution in [2.45, 2.75) is 74.8 Å². The molecule has 5 rings (SSSR count). The number of β-lactam (4-membered cyclic amide) rings is 1. The highest BCUT2D eigenvalue weighted by Crippen LogP contribution is 2.46. The predicted octanol–water partition coefficient (Wildman–Crippen LogP) is 4.21. The minimum atomic E-state index is -1.38. The molecule has 45 heavy (non-hydrogen) atoms. The number of benzene rings is 3. The van der Waals surface area contributed by atoms with Gasteiger partial charge in [0.25, 0.3) is 0 Å². The summed E-state index contributed by atoms with van der Waals surface area (Å²) in [4.78, 5) is 15.0. The largest absolute Gasteiger partial charge is 0.394 e. The van der Waals surface area contributed by atoms with Crippen molar-refractivity contribution in [2.75, 3.05) is 11.5 Å². The minimum Gasteiger partial charge on any atom is -0.394 e. The Hall–Kier alpha value is -3.51. The van der Waals surface area contributed by atoms with Gasteiger partial charge in [-0.05, 0) is 85.2 Å². The maximum absolute atomic E-state index is 13.6. The highest BCUT2D eigenvalue weighted by atomic mass is 19.1. The zero-order valence-corrected chi connectivity index (χ0v) is 24.7. The number of aliphatic hydroxyl groups excluding tert-OH is 5. The van der Waals surface area contributed by atoms with Crippen molar-refractivity contribution in [1.29, 1.82) is 0 Å². The summed E-state index contributed by atoms with van der Waals surface area (Å²) in [6, 6.07) is 18.9. The lowest BCUT2D eigenvalue weighted by Gasteiger charge is -2.48. The van der Waals surface area contributed by atoms with E-state index >= 15 is 0 Å². The van der Waals surface area contributed by atoms with Crippen LogP contribution in [0, 0.1) is 17.6 Å². The van der Waals surface area contributed by atoms with Crippen molar-refractivity contribution in [2.24, 2.45) is 5.92 Å². The summed E-state index contributed by atoms with van der Waals surface area (Å²) < 4.78 is 32.5. The third-order valence-corrected chi connectivity index (χ3v) is 8.76. The molecule has 8 atom stereocenters. The van der Waals surface area contributed by atoms with Crippen LogP contribution in [0.5, 0.6) is 0 Å². The van der Waals surface area contributed by atoms with Gasteiger partial charge in [0.2, 0.25) is 5.91 Å². The van der Waals surface area contributed by atoms with Gasteiger partial charge >= 0.3 is 0 Å². The summed E-state index contributed by atoms with van der Waals surface area (Å²) >= 11 is 0. The van der Waals surface area contributed by atoms with E-state index in [-0.39, 0.29) is 17.8 Å². The van der Waals surface area contributed by atoms with Crippen LogP contribution < -0.4 is 4.90 Å². The second kappa shape index (κ2) is 14.7. The molecule has 0 bridgehead atoms. The Bertz CT molecular complexity index is 1430. The van der Waals surface area contributed by atoms with E-state index in [2.05, 4.69) is 0 Å². The third-order valence-electron chi connectivity index (χ3n) is 8.76. The van der Waals surface area contributed by atoms with E-state index in [4.69, 9.17) is 4.74 Å². The van der Waals surface area contributed by atoms with Gasteiger partial charge in [-0.1, -0.05) is 48.6 Å². The molecule has 2 aliphatic rings. The lowest BCUT2D eigenvalue weighted by atomic mass is 9.78. The second-order valence-corrected chi connectivity index (χ2v) is 11.7. The Balaban J connectivity index is 1.21. The summed E-state index contributed by atoms with van der Waals surface area (Å²) in [6.45, 7) is -0.452. The van der Waals surface area contributed by atoms with Crippen LogP contribution in [0.25, 0.3) is 6.08 Å². The number of allylic oxidation sites excluding steroid dienone is 1. The number of rotatable bonds is 12. The Morgan fingerprint density at radius 3 is 2.09 bits per heavy atom. The molecule has 0 saturated carbocycles. The fourth-order valence-electron chi connectivity index (χ4n) is 6.17. The molecule has 2 heterocycles. The van der Waals surface area contributed by atoms with Crippen molar-refractivity contribution in [3.63, 3.8) is 0 Å². The number of aliphatic hydroxyl groups is 5. The highest BCUT2D eigenvalue weighted by molar-refractivity contribution is 6.03. The van der Waals surface area contributed by atoms with Gasteiger partial charge in [-0.2, -0.15) is 0 Å². The molecule has 8 nitrogen and oxygen atoms in total. The Kier molecular flexibility index (Phi) is 10.8. The van der Waals surface area contributed by atoms with Gasteiger partial charge in [-0.3, -0.25) is 4.79 Å². The average molecular weight is 624 g/mol. The summed E-state index contributed by atoms with van der Waals surface area (Å²) in [7, 11) is 0. The van der Waals surface area contributed by atoms with Crippen LogP contribution in [-0.2, 0) is 9.53 Å². The third kappa shape index (κ3) is 7.49. The lowest BCUT2D eigenvalue weighted by molar-refractivity contribution is -0.230. The molecule has 3 aromatic rings. The van der Waals surface area contributed by atoms with Gasteiger partial charge in [0.15, 0.2) is 0 Å². The van der Waals surface area contributed by atoms with Crippen molar-refractivity contribution >= 4 is 17.7 Å². The Morgan fingerprint density at radius 1 is 0.822 bits per heavy atom. The molecule has 2 fully saturated rings. The van der Waals surface area contributed by atoms with Crippen LogP contribution in [0.1, 0.15) is 60.9 Å². The number of carbonyl (C=O) groups is 1. The highest BCUT2D eigenvalue weighted by Gasteiger charge is 2.48. The first-order valence-electron chi connectivity index (χ1n) is 15.3. The topological polar surface area (TPSA) is 131 Å². The Labute approximate surface area is 260 Å². The first-order valence-corrected chi connectivity index (χ1v) is 15.3. The first-order chi connectivity index (χ1) is 21.7. The van der Waals surface area contributed by atoms with E-state index in [9.17, 15) is 39.1 Å². The molecule has 0 unspecified atom stereocenters. The molecule has 5 N–H and O–H groups in total. The van der Waals surface area contributed by atoms with Gasteiger partial charge in [-0.15, -0.1) is 0 Å². The monoisotopic (exact) mass is 623 g/mol. The molecular weight excluding hydrogens is 584 g/mol. The van der Waals surface area contributed by atoms with Crippen molar-refractivity contribution in [3.8, 4) is 0 Å². The summed E-state index contributed by atoms with van der Waals surface area (Å²) in [5.74, 6) is -1.29. The number of carbonyl (C=O) groups excluding carboxylic acids is 1. The fraction of sp³-hybridized carbons (Fsp3) is 0.400. The van der Waals surface area contributed by atoms with Crippen LogP contribution in [0.2, 0.25) is 0 Å². The van der Waals surface area contributed by atoms with E-state index in [1.54, 1.807) is 17.0 Å². The van der Waals surface area contributed by atoms with Crippen LogP contribution in [0.3, 0.4) is 0 Å². The number of nitrogens with zero attached hydrogens (tertiary/aromatic N) is 1. The van der Waals surface area contributed by atoms with E-state index in [0.717, 1.165) is 11.1 Å². The maximum Gasteiger partial charge on any atom is 0.233 e. The number of hydrogen-bond donors (Lipinski definition) is 5. The van der Waals surface area contributed by atoms with E-state index in [1.165, 1.54) is 36.4 Å². The lowest BCUT2D eigenvalue weighted by Crippen LogP contribution is -2.58. The summed E-state index contributed by atoms with van der Waals surface area (Å²) in [6.07, 6.45) is 0.0191. The molecule has 10 heteroatoms. The second-order valence-electron chi connectivity index (χ2n) is 11.7. The molecule has 0 spiro atoms. The van der Waals surface area contributed by atoms with Crippen molar-refractivity contribution in [1.82, 2.24) is 0 Å². The molecule has 0 radical (unpaired) electrons. The zero-order valence-electron chi connectivity index (χ0n) is 24.7. The van der Waals surface area contributed by atoms with Crippen LogP contribution in [0.4, 0.5) is 14.5 Å². The fourth-order valence-corrected chi connectivity index (χ4v) is 6.17. The van der Waals surface area contributed by atoms with E-state index in [0.29, 0.717) is 43.4 Å². The molecule has 1 amide bonds. The Morgan fingerprint density at radius 2 is 1.44 bits per heavy atom. The number of ether oxygens (including phenoxy) is 1. The smallest absolute Gasteiger partial charge is 0.233 e. The van der Waals surface area contributed by atoms with Gasteiger partial charge < -0.3 is 35.2 Å². The molecular formula is C35H39F2NO7. The van der Waals surface area contributed by atoms with E-state index < -0.39 is 55.0 Å². The maximum atomic E-state index is 13.6. The standard InChI is InChI=1S/C35H39F2NO7/c36-24-12-10-22(11-13-24)28(40)19-18-27-31(38(35(27)44)26-16-14-25(37)15-17-26)23-8-6-21(7-9-23)4-2-1-3-5-29-32(41)34(43)33(42)30(20-39)45-29/h2,4,6-17,27-34,39-43H,1,3,5,18-20H2/b4-2+/t27-,28+,29+,30-,31-,32+,33-,34-/m1/s1. The number of halogens is 2. The molecule has 3 aromatic carbocycles.